The SMILES string of the molecule is CC(C(=O)N1Cc2nc(NC3CCOCC3)ncc2C1(C)C)C(C)C1CCCC(S(=O)c2cccc(Cl)c2)CCC1. The van der Waals surface area contributed by atoms with Crippen molar-refractivity contribution in [2.45, 2.75) is 107 Å². The lowest BCUT2D eigenvalue weighted by Crippen LogP contribution is -2.45. The van der Waals surface area contributed by atoms with Crippen LogP contribution >= 0.6 is 11.6 Å². The van der Waals surface area contributed by atoms with Gasteiger partial charge in [0.1, 0.15) is 0 Å². The molecule has 3 atom stereocenters. The van der Waals surface area contributed by atoms with Crippen LogP contribution in [0.25, 0.3) is 0 Å². The predicted molar refractivity (Wildman–Crippen MR) is 164 cm³/mol. The molecule has 224 valence electrons. The molecule has 3 heterocycles. The largest absolute Gasteiger partial charge is 0.381 e. The van der Waals surface area contributed by atoms with Gasteiger partial charge in [-0.3, -0.25) is 9.00 Å². The standard InChI is InChI=1S/C32H45ClN4O3S/c1-21(23-8-5-11-26(12-6-9-23)41(39)27-13-7-10-24(33)18-27)22(2)30(38)37-20-29-28(32(37,3)4)19-34-31(36-29)35-25-14-16-40-17-15-25/h7,10,13,18-19,21-23,25-26H,5-6,8-9,11-12,14-17,20H2,1-4H3,(H,34,35,36). The molecule has 2 aromatic rings. The summed E-state index contributed by atoms with van der Waals surface area (Å²) in [7, 11) is -1.04. The molecule has 1 aromatic heterocycles. The Morgan fingerprint density at radius 1 is 1.12 bits per heavy atom. The summed E-state index contributed by atoms with van der Waals surface area (Å²) in [4.78, 5) is 26.3. The van der Waals surface area contributed by atoms with Gasteiger partial charge >= 0.3 is 0 Å². The van der Waals surface area contributed by atoms with E-state index in [4.69, 9.17) is 21.3 Å². The Hall–Kier alpha value is -2.03. The zero-order valence-corrected chi connectivity index (χ0v) is 26.5. The summed E-state index contributed by atoms with van der Waals surface area (Å²) in [5.74, 6) is 1.51. The van der Waals surface area contributed by atoms with E-state index in [-0.39, 0.29) is 23.0 Å². The number of fused-ring (bicyclic) bond motifs is 1. The minimum atomic E-state index is -1.04. The predicted octanol–water partition coefficient (Wildman–Crippen LogP) is 6.72. The molecule has 5 rings (SSSR count). The van der Waals surface area contributed by atoms with Crippen LogP contribution < -0.4 is 5.32 Å². The molecule has 1 saturated heterocycles. The van der Waals surface area contributed by atoms with Gasteiger partial charge in [0.15, 0.2) is 0 Å². The van der Waals surface area contributed by atoms with Gasteiger partial charge in [-0.25, -0.2) is 9.97 Å². The highest BCUT2D eigenvalue weighted by atomic mass is 35.5. The maximum atomic E-state index is 14.0. The summed E-state index contributed by atoms with van der Waals surface area (Å²) >= 11 is 6.15. The number of amides is 1. The van der Waals surface area contributed by atoms with E-state index in [1.807, 2.05) is 35.4 Å². The van der Waals surface area contributed by atoms with Gasteiger partial charge in [0, 0.05) is 52.1 Å². The first-order chi connectivity index (χ1) is 19.6. The fourth-order valence-corrected chi connectivity index (χ4v) is 8.75. The van der Waals surface area contributed by atoms with Crippen LogP contribution in [0.1, 0.15) is 90.3 Å². The number of aromatic nitrogens is 2. The first kappa shape index (κ1) is 30.4. The lowest BCUT2D eigenvalue weighted by molar-refractivity contribution is -0.143. The molecule has 3 unspecified atom stereocenters. The number of rotatable bonds is 7. The Balaban J connectivity index is 1.19. The number of anilines is 1. The molecule has 1 aromatic carbocycles. The minimum absolute atomic E-state index is 0.0859. The molecule has 0 radical (unpaired) electrons. The third-order valence-electron chi connectivity index (χ3n) is 9.78. The number of carbonyl (C=O) groups is 1. The third kappa shape index (κ3) is 6.80. The number of benzene rings is 1. The molecule has 0 bridgehead atoms. The van der Waals surface area contributed by atoms with E-state index in [0.717, 1.165) is 80.7 Å². The van der Waals surface area contributed by atoms with Gasteiger partial charge in [0.05, 0.1) is 28.6 Å². The molecule has 2 fully saturated rings. The molecule has 7 nitrogen and oxygen atoms in total. The fraction of sp³-hybridized carbons (Fsp3) is 0.656. The number of halogens is 1. The van der Waals surface area contributed by atoms with Crippen LogP contribution in [-0.2, 0) is 32.4 Å². The number of nitrogens with zero attached hydrogens (tertiary/aromatic N) is 3. The topological polar surface area (TPSA) is 84.4 Å². The molecular formula is C32H45ClN4O3S. The molecule has 41 heavy (non-hydrogen) atoms. The van der Waals surface area contributed by atoms with E-state index in [1.54, 1.807) is 0 Å². The van der Waals surface area contributed by atoms with Gasteiger partial charge in [-0.1, -0.05) is 57.2 Å². The summed E-state index contributed by atoms with van der Waals surface area (Å²) in [6.45, 7) is 10.6. The fourth-order valence-electron chi connectivity index (χ4n) is 6.90. The Morgan fingerprint density at radius 3 is 2.51 bits per heavy atom. The number of ether oxygens (including phenoxy) is 1. The van der Waals surface area contributed by atoms with Gasteiger partial charge in [0.2, 0.25) is 11.9 Å². The van der Waals surface area contributed by atoms with Crippen molar-refractivity contribution in [1.82, 2.24) is 14.9 Å². The highest BCUT2D eigenvalue weighted by molar-refractivity contribution is 7.85. The van der Waals surface area contributed by atoms with Crippen molar-refractivity contribution in [3.05, 3.63) is 46.7 Å². The highest BCUT2D eigenvalue weighted by Crippen LogP contribution is 2.41. The number of hydrogen-bond donors (Lipinski definition) is 1. The minimum Gasteiger partial charge on any atom is -0.381 e. The molecule has 0 spiro atoms. The van der Waals surface area contributed by atoms with Crippen LogP contribution in [-0.4, -0.2) is 49.5 Å². The van der Waals surface area contributed by atoms with Crippen molar-refractivity contribution in [2.75, 3.05) is 18.5 Å². The first-order valence-electron chi connectivity index (χ1n) is 15.3. The van der Waals surface area contributed by atoms with Crippen LogP contribution in [0, 0.1) is 17.8 Å². The molecule has 9 heteroatoms. The zero-order valence-electron chi connectivity index (χ0n) is 24.9. The Bertz CT molecular complexity index is 1240. The first-order valence-corrected chi connectivity index (χ1v) is 16.9. The van der Waals surface area contributed by atoms with E-state index < -0.39 is 16.3 Å². The maximum absolute atomic E-state index is 14.0. The summed E-state index contributed by atoms with van der Waals surface area (Å²) in [5, 5.41) is 4.27. The van der Waals surface area contributed by atoms with Crippen molar-refractivity contribution >= 4 is 34.3 Å². The van der Waals surface area contributed by atoms with Gasteiger partial charge in [-0.15, -0.1) is 0 Å². The molecule has 2 aliphatic heterocycles. The summed E-state index contributed by atoms with van der Waals surface area (Å²) < 4.78 is 18.7. The monoisotopic (exact) mass is 600 g/mol. The number of carbonyl (C=O) groups excluding carboxylic acids is 1. The van der Waals surface area contributed by atoms with Crippen LogP contribution in [0.4, 0.5) is 5.95 Å². The van der Waals surface area contributed by atoms with Gasteiger partial charge in [-0.2, -0.15) is 0 Å². The van der Waals surface area contributed by atoms with Gasteiger partial charge in [-0.05, 0) is 69.6 Å². The smallest absolute Gasteiger partial charge is 0.226 e. The van der Waals surface area contributed by atoms with Crippen molar-refractivity contribution in [1.29, 1.82) is 0 Å². The van der Waals surface area contributed by atoms with Crippen LogP contribution in [0.2, 0.25) is 5.02 Å². The Morgan fingerprint density at radius 2 is 1.83 bits per heavy atom. The van der Waals surface area contributed by atoms with Crippen molar-refractivity contribution in [3.8, 4) is 0 Å². The van der Waals surface area contributed by atoms with Gasteiger partial charge < -0.3 is 15.0 Å². The van der Waals surface area contributed by atoms with E-state index >= 15 is 0 Å². The lowest BCUT2D eigenvalue weighted by atomic mass is 9.76. The van der Waals surface area contributed by atoms with Crippen LogP contribution in [0.15, 0.2) is 35.4 Å². The van der Waals surface area contributed by atoms with E-state index in [1.165, 1.54) is 0 Å². The molecule has 3 aliphatic rings. The normalized spacial score (nSPS) is 25.4. The second kappa shape index (κ2) is 13.1. The molecule has 1 amide bonds. The van der Waals surface area contributed by atoms with Crippen molar-refractivity contribution < 1.29 is 13.7 Å². The highest BCUT2D eigenvalue weighted by Gasteiger charge is 2.44. The van der Waals surface area contributed by atoms with Crippen LogP contribution in [0.5, 0.6) is 0 Å². The second-order valence-electron chi connectivity index (χ2n) is 12.7. The lowest BCUT2D eigenvalue weighted by Gasteiger charge is -2.37. The molecule has 1 N–H and O–H groups in total. The average molecular weight is 601 g/mol. The van der Waals surface area contributed by atoms with E-state index in [9.17, 15) is 9.00 Å². The summed E-state index contributed by atoms with van der Waals surface area (Å²) in [6.07, 6.45) is 9.91. The van der Waals surface area contributed by atoms with Crippen LogP contribution in [0.3, 0.4) is 0 Å². The Labute approximate surface area is 252 Å². The Kier molecular flexibility index (Phi) is 9.71. The number of hydrogen-bond acceptors (Lipinski definition) is 6. The zero-order chi connectivity index (χ0) is 29.1. The molecule has 1 aliphatic carbocycles. The third-order valence-corrected chi connectivity index (χ3v) is 11.8. The summed E-state index contributed by atoms with van der Waals surface area (Å²) in [6, 6.07) is 7.79. The molecular weight excluding hydrogens is 556 g/mol. The average Bonchev–Trinajstić information content (AvgIpc) is 3.21. The van der Waals surface area contributed by atoms with Crippen molar-refractivity contribution in [2.24, 2.45) is 17.8 Å². The second-order valence-corrected chi connectivity index (χ2v) is 14.9. The van der Waals surface area contributed by atoms with E-state index in [2.05, 4.69) is 38.0 Å². The van der Waals surface area contributed by atoms with Gasteiger partial charge in [0.25, 0.3) is 0 Å². The maximum Gasteiger partial charge on any atom is 0.226 e. The van der Waals surface area contributed by atoms with Crippen molar-refractivity contribution in [3.63, 3.8) is 0 Å². The quantitative estimate of drug-likeness (QED) is 0.380. The van der Waals surface area contributed by atoms with E-state index in [0.29, 0.717) is 29.5 Å². The summed E-state index contributed by atoms with van der Waals surface area (Å²) in [5.41, 5.74) is 1.53. The molecule has 1 saturated carbocycles. The number of nitrogens with one attached hydrogen (secondary N) is 1.